The molecule has 0 fully saturated rings. The molecule has 0 aliphatic carbocycles. The normalized spacial score (nSPS) is 11.9. The second-order valence-corrected chi connectivity index (χ2v) is 14.4. The first-order chi connectivity index (χ1) is 27.6. The van der Waals surface area contributed by atoms with Crippen molar-refractivity contribution in [2.75, 3.05) is 0 Å². The highest BCUT2D eigenvalue weighted by Crippen LogP contribution is 2.40. The molecule has 0 aliphatic heterocycles. The molecular formula is C50H26N4O2. The van der Waals surface area contributed by atoms with Gasteiger partial charge in [-0.3, -0.25) is 0 Å². The Morgan fingerprint density at radius 2 is 0.732 bits per heavy atom. The monoisotopic (exact) mass is 714 g/mol. The van der Waals surface area contributed by atoms with Crippen LogP contribution in [0.1, 0.15) is 11.1 Å². The smallest absolute Gasteiger partial charge is 0.135 e. The van der Waals surface area contributed by atoms with Crippen molar-refractivity contribution in [3.8, 4) is 34.6 Å². The van der Waals surface area contributed by atoms with Gasteiger partial charge in [0.15, 0.2) is 0 Å². The number of fused-ring (bicyclic) bond motifs is 12. The number of benzene rings is 8. The first-order valence-electron chi connectivity index (χ1n) is 18.4. The fraction of sp³-hybridized carbons (Fsp3) is 0. The summed E-state index contributed by atoms with van der Waals surface area (Å²) in [4.78, 5) is 0. The van der Waals surface area contributed by atoms with Crippen LogP contribution in [0.2, 0.25) is 0 Å². The van der Waals surface area contributed by atoms with E-state index >= 15 is 0 Å². The molecule has 4 heterocycles. The quantitative estimate of drug-likeness (QED) is 0.182. The van der Waals surface area contributed by atoms with E-state index in [2.05, 4.69) is 130 Å². The second-order valence-electron chi connectivity index (χ2n) is 14.4. The lowest BCUT2D eigenvalue weighted by atomic mass is 10.0. The van der Waals surface area contributed by atoms with Gasteiger partial charge in [0, 0.05) is 54.5 Å². The predicted molar refractivity (Wildman–Crippen MR) is 225 cm³/mol. The van der Waals surface area contributed by atoms with E-state index in [-0.39, 0.29) is 0 Å². The fourth-order valence-electron chi connectivity index (χ4n) is 8.81. The molecule has 0 spiro atoms. The van der Waals surface area contributed by atoms with Crippen molar-refractivity contribution in [1.29, 1.82) is 10.5 Å². The molecule has 0 bridgehead atoms. The van der Waals surface area contributed by atoms with Crippen LogP contribution in [-0.2, 0) is 0 Å². The lowest BCUT2D eigenvalue weighted by Crippen LogP contribution is -1.93. The van der Waals surface area contributed by atoms with Gasteiger partial charge in [-0.15, -0.1) is 0 Å². The third kappa shape index (κ3) is 4.24. The highest BCUT2D eigenvalue weighted by Gasteiger charge is 2.18. The van der Waals surface area contributed by atoms with Crippen LogP contribution in [0.25, 0.3) is 110 Å². The Morgan fingerprint density at radius 1 is 0.339 bits per heavy atom. The largest absolute Gasteiger partial charge is 0.456 e. The average molecular weight is 715 g/mol. The van der Waals surface area contributed by atoms with Crippen molar-refractivity contribution >= 4 is 87.5 Å². The van der Waals surface area contributed by atoms with E-state index < -0.39 is 0 Å². The van der Waals surface area contributed by atoms with Crippen molar-refractivity contribution in [1.82, 2.24) is 9.13 Å². The maximum atomic E-state index is 9.62. The first kappa shape index (κ1) is 30.4. The minimum atomic E-state index is 0.644. The minimum absolute atomic E-state index is 0.644. The number of hydrogen-bond acceptors (Lipinski definition) is 4. The number of para-hydroxylation sites is 2. The lowest BCUT2D eigenvalue weighted by molar-refractivity contribution is 0.668. The summed E-state index contributed by atoms with van der Waals surface area (Å²) in [7, 11) is 0. The maximum Gasteiger partial charge on any atom is 0.135 e. The van der Waals surface area contributed by atoms with Crippen LogP contribution in [0, 0.1) is 22.7 Å². The van der Waals surface area contributed by atoms with Crippen molar-refractivity contribution < 1.29 is 8.83 Å². The van der Waals surface area contributed by atoms with Gasteiger partial charge in [-0.2, -0.15) is 10.5 Å². The van der Waals surface area contributed by atoms with Crippen LogP contribution < -0.4 is 0 Å². The van der Waals surface area contributed by atoms with E-state index in [0.29, 0.717) is 11.1 Å². The number of nitrogens with zero attached hydrogens (tertiary/aromatic N) is 4. The summed E-state index contributed by atoms with van der Waals surface area (Å²) in [5, 5.41) is 27.7. The Morgan fingerprint density at radius 3 is 1.18 bits per heavy atom. The van der Waals surface area contributed by atoms with Crippen molar-refractivity contribution in [2.45, 2.75) is 0 Å². The Labute approximate surface area is 318 Å². The van der Waals surface area contributed by atoms with E-state index in [0.717, 1.165) is 110 Å². The van der Waals surface area contributed by atoms with Crippen molar-refractivity contribution in [3.63, 3.8) is 0 Å². The Hall–Kier alpha value is -8.06. The molecule has 0 saturated carbocycles. The van der Waals surface area contributed by atoms with Gasteiger partial charge in [0.1, 0.15) is 22.3 Å². The summed E-state index contributed by atoms with van der Waals surface area (Å²) in [6.45, 7) is 0. The predicted octanol–water partition coefficient (Wildman–Crippen LogP) is 13.1. The number of furan rings is 2. The van der Waals surface area contributed by atoms with Crippen molar-refractivity contribution in [2.24, 2.45) is 0 Å². The fourth-order valence-corrected chi connectivity index (χ4v) is 8.81. The van der Waals surface area contributed by atoms with E-state index in [1.54, 1.807) is 0 Å². The van der Waals surface area contributed by atoms with Gasteiger partial charge in [-0.05, 0) is 120 Å². The molecule has 12 rings (SSSR count). The summed E-state index contributed by atoms with van der Waals surface area (Å²) < 4.78 is 17.3. The molecule has 0 radical (unpaired) electrons. The van der Waals surface area contributed by atoms with E-state index in [9.17, 15) is 10.5 Å². The van der Waals surface area contributed by atoms with Crippen LogP contribution in [-0.4, -0.2) is 9.13 Å². The lowest BCUT2D eigenvalue weighted by Gasteiger charge is -2.08. The van der Waals surface area contributed by atoms with Gasteiger partial charge in [-0.1, -0.05) is 48.5 Å². The summed E-state index contributed by atoms with van der Waals surface area (Å²) in [6, 6.07) is 58.6. The van der Waals surface area contributed by atoms with Gasteiger partial charge in [0.2, 0.25) is 0 Å². The zero-order chi connectivity index (χ0) is 37.1. The molecule has 0 amide bonds. The molecule has 8 aromatic carbocycles. The summed E-state index contributed by atoms with van der Waals surface area (Å²) >= 11 is 0. The number of aromatic nitrogens is 2. The van der Waals surface area contributed by atoms with Crippen LogP contribution in [0.3, 0.4) is 0 Å². The van der Waals surface area contributed by atoms with Crippen molar-refractivity contribution in [3.05, 3.63) is 169 Å². The molecular weight excluding hydrogens is 689 g/mol. The molecule has 12 aromatic rings. The van der Waals surface area contributed by atoms with E-state index in [1.807, 2.05) is 48.5 Å². The number of rotatable bonds is 3. The summed E-state index contributed by atoms with van der Waals surface area (Å²) in [6.07, 6.45) is 0. The summed E-state index contributed by atoms with van der Waals surface area (Å²) in [5.74, 6) is 0. The number of hydrogen-bond donors (Lipinski definition) is 0. The molecule has 0 aliphatic rings. The van der Waals surface area contributed by atoms with E-state index in [4.69, 9.17) is 8.83 Å². The minimum Gasteiger partial charge on any atom is -0.456 e. The first-order valence-corrected chi connectivity index (χ1v) is 18.4. The zero-order valence-corrected chi connectivity index (χ0v) is 29.6. The van der Waals surface area contributed by atoms with Gasteiger partial charge in [0.05, 0.1) is 45.3 Å². The molecule has 258 valence electrons. The topological polar surface area (TPSA) is 83.7 Å². The third-order valence-corrected chi connectivity index (χ3v) is 11.4. The molecule has 0 N–H and O–H groups in total. The molecule has 56 heavy (non-hydrogen) atoms. The van der Waals surface area contributed by atoms with Gasteiger partial charge >= 0.3 is 0 Å². The standard InChI is InChI=1S/C50H26N4O2/c51-27-29-9-15-45-37(21-29)35-5-1-3-7-43(35)53(45)33-13-19-49-41(25-33)39-23-31(11-17-47(39)55-49)32-12-18-48-40(24-32)42-26-34(14-20-50(42)56-48)54-44-8-4-2-6-36(44)38-22-30(28-52)10-16-46(38)54/h1-26H. The van der Waals surface area contributed by atoms with Gasteiger partial charge in [-0.25, -0.2) is 0 Å². The maximum absolute atomic E-state index is 9.62. The molecule has 0 unspecified atom stereocenters. The van der Waals surface area contributed by atoms with Crippen LogP contribution in [0.4, 0.5) is 0 Å². The Bertz CT molecular complexity index is 3500. The highest BCUT2D eigenvalue weighted by atomic mass is 16.3. The van der Waals surface area contributed by atoms with Gasteiger partial charge < -0.3 is 18.0 Å². The Balaban J connectivity index is 1.00. The van der Waals surface area contributed by atoms with Gasteiger partial charge in [0.25, 0.3) is 0 Å². The zero-order valence-electron chi connectivity index (χ0n) is 29.6. The van der Waals surface area contributed by atoms with Crippen LogP contribution in [0.15, 0.2) is 167 Å². The molecule has 0 saturated heterocycles. The third-order valence-electron chi connectivity index (χ3n) is 11.4. The van der Waals surface area contributed by atoms with Crippen LogP contribution in [0.5, 0.6) is 0 Å². The highest BCUT2D eigenvalue weighted by molar-refractivity contribution is 6.13. The number of nitriles is 2. The molecule has 0 atom stereocenters. The van der Waals surface area contributed by atoms with E-state index in [1.165, 1.54) is 0 Å². The molecule has 6 nitrogen and oxygen atoms in total. The van der Waals surface area contributed by atoms with Crippen LogP contribution >= 0.6 is 0 Å². The summed E-state index contributed by atoms with van der Waals surface area (Å²) in [5.41, 5.74) is 13.1. The average Bonchev–Trinajstić information content (AvgIpc) is 3.99. The SMILES string of the molecule is N#Cc1ccc2c(c1)c1ccccc1n2-c1ccc2oc3ccc(-c4ccc5oc6ccc(-n7c8ccccc8c8cc(C#N)ccc87)cc6c5c4)cc3c2c1. The second kappa shape index (κ2) is 11.2. The molecule has 4 aromatic heterocycles. The molecule has 6 heteroatoms. The Kier molecular flexibility index (Phi) is 6.10.